The zero-order chi connectivity index (χ0) is 10.9. The molecule has 80 valence electrons. The van der Waals surface area contributed by atoms with E-state index in [0.29, 0.717) is 11.7 Å². The molecule has 1 fully saturated rings. The molecule has 0 aromatic heterocycles. The fourth-order valence-corrected chi connectivity index (χ4v) is 2.42. The molecular formula is C12H20O2. The zero-order valence-electron chi connectivity index (χ0n) is 9.59. The van der Waals surface area contributed by atoms with Gasteiger partial charge < -0.3 is 4.74 Å². The molecule has 2 unspecified atom stereocenters. The van der Waals surface area contributed by atoms with Gasteiger partial charge in [0, 0.05) is 6.42 Å². The third-order valence-corrected chi connectivity index (χ3v) is 3.21. The second-order valence-corrected chi connectivity index (χ2v) is 4.99. The topological polar surface area (TPSA) is 26.3 Å². The van der Waals surface area contributed by atoms with Gasteiger partial charge in [0.2, 0.25) is 0 Å². The monoisotopic (exact) mass is 196 g/mol. The average molecular weight is 196 g/mol. The minimum atomic E-state index is -0.0967. The van der Waals surface area contributed by atoms with Crippen molar-refractivity contribution in [3.8, 4) is 0 Å². The fraction of sp³-hybridized carbons (Fsp3) is 0.750. The minimum absolute atomic E-state index is 0.0120. The molecule has 0 aromatic carbocycles. The van der Waals surface area contributed by atoms with E-state index in [0.717, 1.165) is 12.8 Å². The molecule has 0 spiro atoms. The van der Waals surface area contributed by atoms with Gasteiger partial charge >= 0.3 is 5.97 Å². The van der Waals surface area contributed by atoms with Crippen molar-refractivity contribution in [2.75, 3.05) is 0 Å². The standard InChI is InChI=1S/C12H20O2/c1-6-8(2)10-11(13)14-9(3)7-12(10,4)5/h8,10H,3,6-7H2,1-2,4-5H3. The first-order valence-corrected chi connectivity index (χ1v) is 5.28. The van der Waals surface area contributed by atoms with Crippen LogP contribution in [0.2, 0.25) is 0 Å². The van der Waals surface area contributed by atoms with Crippen molar-refractivity contribution in [1.82, 2.24) is 0 Å². The van der Waals surface area contributed by atoms with Gasteiger partial charge in [-0.15, -0.1) is 0 Å². The lowest BCUT2D eigenvalue weighted by atomic mass is 9.68. The zero-order valence-corrected chi connectivity index (χ0v) is 9.59. The van der Waals surface area contributed by atoms with Gasteiger partial charge in [-0.3, -0.25) is 4.79 Å². The molecule has 0 radical (unpaired) electrons. The molecule has 1 heterocycles. The van der Waals surface area contributed by atoms with E-state index in [1.165, 1.54) is 0 Å². The first-order chi connectivity index (χ1) is 6.38. The van der Waals surface area contributed by atoms with Gasteiger partial charge in [0.25, 0.3) is 0 Å². The molecule has 0 aromatic rings. The van der Waals surface area contributed by atoms with E-state index >= 15 is 0 Å². The van der Waals surface area contributed by atoms with E-state index in [2.05, 4.69) is 34.3 Å². The van der Waals surface area contributed by atoms with Crippen molar-refractivity contribution >= 4 is 5.97 Å². The van der Waals surface area contributed by atoms with Gasteiger partial charge in [0.05, 0.1) is 5.92 Å². The highest BCUT2D eigenvalue weighted by atomic mass is 16.5. The number of cyclic esters (lactones) is 1. The van der Waals surface area contributed by atoms with Gasteiger partial charge in [-0.05, 0) is 11.3 Å². The van der Waals surface area contributed by atoms with Crippen LogP contribution in [0.4, 0.5) is 0 Å². The van der Waals surface area contributed by atoms with Crippen LogP contribution >= 0.6 is 0 Å². The smallest absolute Gasteiger partial charge is 0.314 e. The normalized spacial score (nSPS) is 28.4. The molecular weight excluding hydrogens is 176 g/mol. The van der Waals surface area contributed by atoms with E-state index in [1.807, 2.05) is 0 Å². The summed E-state index contributed by atoms with van der Waals surface area (Å²) in [4.78, 5) is 11.7. The Morgan fingerprint density at radius 2 is 2.21 bits per heavy atom. The van der Waals surface area contributed by atoms with Crippen molar-refractivity contribution in [3.05, 3.63) is 12.3 Å². The Balaban J connectivity index is 2.90. The molecule has 2 atom stereocenters. The number of hydrogen-bond acceptors (Lipinski definition) is 2. The lowest BCUT2D eigenvalue weighted by Crippen LogP contribution is -2.41. The Kier molecular flexibility index (Phi) is 3.03. The SMILES string of the molecule is C=C1CC(C)(C)C(C(C)CC)C(=O)O1. The molecule has 0 saturated carbocycles. The number of ether oxygens (including phenoxy) is 1. The third-order valence-electron chi connectivity index (χ3n) is 3.21. The largest absolute Gasteiger partial charge is 0.431 e. The highest BCUT2D eigenvalue weighted by Crippen LogP contribution is 2.43. The van der Waals surface area contributed by atoms with Crippen LogP contribution in [0.15, 0.2) is 12.3 Å². The highest BCUT2D eigenvalue weighted by molar-refractivity contribution is 5.76. The molecule has 14 heavy (non-hydrogen) atoms. The maximum absolute atomic E-state index is 11.7. The van der Waals surface area contributed by atoms with Crippen LogP contribution in [0.25, 0.3) is 0 Å². The van der Waals surface area contributed by atoms with E-state index in [-0.39, 0.29) is 17.3 Å². The lowest BCUT2D eigenvalue weighted by molar-refractivity contribution is -0.157. The molecule has 1 saturated heterocycles. The van der Waals surface area contributed by atoms with Crippen LogP contribution in [-0.2, 0) is 9.53 Å². The van der Waals surface area contributed by atoms with Crippen LogP contribution in [-0.4, -0.2) is 5.97 Å². The molecule has 0 amide bonds. The van der Waals surface area contributed by atoms with Crippen molar-refractivity contribution in [2.24, 2.45) is 17.3 Å². The number of esters is 1. The lowest BCUT2D eigenvalue weighted by Gasteiger charge is -2.40. The molecule has 0 N–H and O–H groups in total. The van der Waals surface area contributed by atoms with Gasteiger partial charge in [-0.1, -0.05) is 40.7 Å². The van der Waals surface area contributed by atoms with Gasteiger partial charge in [0.1, 0.15) is 5.76 Å². The van der Waals surface area contributed by atoms with Gasteiger partial charge in [-0.25, -0.2) is 0 Å². The average Bonchev–Trinajstić information content (AvgIpc) is 1.99. The predicted octanol–water partition coefficient (Wildman–Crippen LogP) is 3.14. The summed E-state index contributed by atoms with van der Waals surface area (Å²) in [6.45, 7) is 12.2. The summed E-state index contributed by atoms with van der Waals surface area (Å²) in [7, 11) is 0. The summed E-state index contributed by atoms with van der Waals surface area (Å²) in [5, 5.41) is 0. The first-order valence-electron chi connectivity index (χ1n) is 5.28. The fourth-order valence-electron chi connectivity index (χ4n) is 2.42. The Labute approximate surface area is 86.3 Å². The Morgan fingerprint density at radius 3 is 2.64 bits per heavy atom. The van der Waals surface area contributed by atoms with E-state index < -0.39 is 0 Å². The Bertz CT molecular complexity index is 253. The van der Waals surface area contributed by atoms with Crippen molar-refractivity contribution in [3.63, 3.8) is 0 Å². The minimum Gasteiger partial charge on any atom is -0.431 e. The van der Waals surface area contributed by atoms with Crippen LogP contribution < -0.4 is 0 Å². The first kappa shape index (κ1) is 11.3. The second kappa shape index (κ2) is 3.76. The summed E-state index contributed by atoms with van der Waals surface area (Å²) in [5.41, 5.74) is -0.0121. The molecule has 1 aliphatic rings. The molecule has 0 aliphatic carbocycles. The maximum Gasteiger partial charge on any atom is 0.314 e. The summed E-state index contributed by atoms with van der Waals surface area (Å²) in [6.07, 6.45) is 1.80. The number of allylic oxidation sites excluding steroid dienone is 1. The Hall–Kier alpha value is -0.790. The van der Waals surface area contributed by atoms with Crippen LogP contribution in [0, 0.1) is 17.3 Å². The van der Waals surface area contributed by atoms with E-state index in [9.17, 15) is 4.79 Å². The van der Waals surface area contributed by atoms with Gasteiger partial charge in [0.15, 0.2) is 0 Å². The maximum atomic E-state index is 11.7. The van der Waals surface area contributed by atoms with Gasteiger partial charge in [-0.2, -0.15) is 0 Å². The quantitative estimate of drug-likeness (QED) is 0.634. The Morgan fingerprint density at radius 1 is 1.64 bits per heavy atom. The second-order valence-electron chi connectivity index (χ2n) is 4.99. The number of rotatable bonds is 2. The highest BCUT2D eigenvalue weighted by Gasteiger charge is 2.43. The number of hydrogen-bond donors (Lipinski definition) is 0. The number of carbonyl (C=O) groups is 1. The predicted molar refractivity (Wildman–Crippen MR) is 56.6 cm³/mol. The molecule has 1 rings (SSSR count). The van der Waals surface area contributed by atoms with E-state index in [1.54, 1.807) is 0 Å². The van der Waals surface area contributed by atoms with Crippen molar-refractivity contribution < 1.29 is 9.53 Å². The van der Waals surface area contributed by atoms with Crippen LogP contribution in [0.5, 0.6) is 0 Å². The van der Waals surface area contributed by atoms with Crippen molar-refractivity contribution in [1.29, 1.82) is 0 Å². The summed E-state index contributed by atoms with van der Waals surface area (Å²) in [5.74, 6) is 0.906. The molecule has 1 aliphatic heterocycles. The molecule has 2 nitrogen and oxygen atoms in total. The number of carbonyl (C=O) groups excluding carboxylic acids is 1. The molecule has 0 bridgehead atoms. The van der Waals surface area contributed by atoms with E-state index in [4.69, 9.17) is 4.74 Å². The molecule has 2 heteroatoms. The summed E-state index contributed by atoms with van der Waals surface area (Å²) < 4.78 is 5.12. The van der Waals surface area contributed by atoms with Crippen LogP contribution in [0.1, 0.15) is 40.5 Å². The van der Waals surface area contributed by atoms with Crippen molar-refractivity contribution in [2.45, 2.75) is 40.5 Å². The third kappa shape index (κ3) is 1.99. The summed E-state index contributed by atoms with van der Waals surface area (Å²) >= 11 is 0. The van der Waals surface area contributed by atoms with Crippen LogP contribution in [0.3, 0.4) is 0 Å². The summed E-state index contributed by atoms with van der Waals surface area (Å²) in [6, 6.07) is 0.